The van der Waals surface area contributed by atoms with Crippen LogP contribution in [0.15, 0.2) is 51.8 Å². The molecule has 0 aliphatic rings. The number of thioether (sulfide) groups is 1. The van der Waals surface area contributed by atoms with Gasteiger partial charge in [-0.3, -0.25) is 0 Å². The molecule has 2 aromatic rings. The standard InChI is InChI=1S/C17H20BrNOS/c1-3-19-11-13-7-8-17(20-2)14(9-13)12-21-16-6-4-5-15(18)10-16/h4-10,19H,3,11-12H2,1-2H3. The van der Waals surface area contributed by atoms with Crippen molar-refractivity contribution in [3.05, 3.63) is 58.1 Å². The second kappa shape index (κ2) is 8.47. The van der Waals surface area contributed by atoms with E-state index in [0.29, 0.717) is 0 Å². The van der Waals surface area contributed by atoms with Crippen LogP contribution in [0.4, 0.5) is 0 Å². The van der Waals surface area contributed by atoms with Crippen LogP contribution in [0.25, 0.3) is 0 Å². The summed E-state index contributed by atoms with van der Waals surface area (Å²) in [6, 6.07) is 14.8. The summed E-state index contributed by atoms with van der Waals surface area (Å²) in [4.78, 5) is 1.25. The maximum Gasteiger partial charge on any atom is 0.122 e. The van der Waals surface area contributed by atoms with Crippen molar-refractivity contribution in [3.63, 3.8) is 0 Å². The molecule has 0 saturated carbocycles. The fourth-order valence-electron chi connectivity index (χ4n) is 2.04. The molecule has 4 heteroatoms. The third kappa shape index (κ3) is 5.06. The molecule has 0 unspecified atom stereocenters. The molecule has 2 nitrogen and oxygen atoms in total. The number of halogens is 1. The van der Waals surface area contributed by atoms with E-state index in [1.165, 1.54) is 16.0 Å². The molecule has 0 radical (unpaired) electrons. The monoisotopic (exact) mass is 365 g/mol. The van der Waals surface area contributed by atoms with Gasteiger partial charge in [0.1, 0.15) is 5.75 Å². The van der Waals surface area contributed by atoms with Gasteiger partial charge in [0, 0.05) is 27.2 Å². The van der Waals surface area contributed by atoms with Gasteiger partial charge >= 0.3 is 0 Å². The number of nitrogens with one attached hydrogen (secondary N) is 1. The van der Waals surface area contributed by atoms with E-state index in [1.807, 2.05) is 17.8 Å². The molecule has 0 fully saturated rings. The molecule has 0 spiro atoms. The van der Waals surface area contributed by atoms with E-state index in [2.05, 4.69) is 64.6 Å². The minimum atomic E-state index is 0.898. The maximum absolute atomic E-state index is 5.47. The van der Waals surface area contributed by atoms with Gasteiger partial charge in [-0.15, -0.1) is 11.8 Å². The Bertz CT molecular complexity index is 589. The first-order valence-electron chi connectivity index (χ1n) is 6.97. The van der Waals surface area contributed by atoms with E-state index in [0.717, 1.165) is 29.1 Å². The van der Waals surface area contributed by atoms with E-state index < -0.39 is 0 Å². The highest BCUT2D eigenvalue weighted by atomic mass is 79.9. The third-order valence-electron chi connectivity index (χ3n) is 3.11. The topological polar surface area (TPSA) is 21.3 Å². The average molecular weight is 366 g/mol. The van der Waals surface area contributed by atoms with E-state index in [-0.39, 0.29) is 0 Å². The molecule has 0 atom stereocenters. The molecular weight excluding hydrogens is 346 g/mol. The quantitative estimate of drug-likeness (QED) is 0.707. The molecule has 0 aromatic heterocycles. The zero-order valence-corrected chi connectivity index (χ0v) is 14.8. The van der Waals surface area contributed by atoms with Crippen molar-refractivity contribution in [2.24, 2.45) is 0 Å². The fraction of sp³-hybridized carbons (Fsp3) is 0.294. The van der Waals surface area contributed by atoms with Crippen LogP contribution in [0, 0.1) is 0 Å². The van der Waals surface area contributed by atoms with Crippen molar-refractivity contribution < 1.29 is 4.74 Å². The molecule has 1 N–H and O–H groups in total. The molecule has 0 saturated heterocycles. The summed E-state index contributed by atoms with van der Waals surface area (Å²) in [7, 11) is 1.73. The van der Waals surface area contributed by atoms with Crippen molar-refractivity contribution in [2.75, 3.05) is 13.7 Å². The molecule has 0 bridgehead atoms. The Morgan fingerprint density at radius 2 is 2.05 bits per heavy atom. The number of hydrogen-bond donors (Lipinski definition) is 1. The molecule has 2 rings (SSSR count). The van der Waals surface area contributed by atoms with Crippen molar-refractivity contribution in [2.45, 2.75) is 24.1 Å². The summed E-state index contributed by atoms with van der Waals surface area (Å²) in [5.41, 5.74) is 2.53. The Morgan fingerprint density at radius 3 is 2.76 bits per heavy atom. The number of ether oxygens (including phenoxy) is 1. The number of methoxy groups -OCH3 is 1. The van der Waals surface area contributed by atoms with E-state index >= 15 is 0 Å². The number of benzene rings is 2. The Morgan fingerprint density at radius 1 is 1.19 bits per heavy atom. The summed E-state index contributed by atoms with van der Waals surface area (Å²) < 4.78 is 6.59. The lowest BCUT2D eigenvalue weighted by molar-refractivity contribution is 0.411. The molecule has 112 valence electrons. The predicted octanol–water partition coefficient (Wildman–Crippen LogP) is 4.86. The third-order valence-corrected chi connectivity index (χ3v) is 4.65. The minimum Gasteiger partial charge on any atom is -0.496 e. The van der Waals surface area contributed by atoms with Crippen molar-refractivity contribution in [3.8, 4) is 5.75 Å². The van der Waals surface area contributed by atoms with Gasteiger partial charge in [0.15, 0.2) is 0 Å². The van der Waals surface area contributed by atoms with Crippen molar-refractivity contribution in [1.29, 1.82) is 0 Å². The average Bonchev–Trinajstić information content (AvgIpc) is 2.51. The van der Waals surface area contributed by atoms with Crippen molar-refractivity contribution in [1.82, 2.24) is 5.32 Å². The van der Waals surface area contributed by atoms with Crippen LogP contribution < -0.4 is 10.1 Å². The van der Waals surface area contributed by atoms with Crippen LogP contribution >= 0.6 is 27.7 Å². The van der Waals surface area contributed by atoms with E-state index in [9.17, 15) is 0 Å². The van der Waals surface area contributed by atoms with Crippen LogP contribution in [0.5, 0.6) is 5.75 Å². The van der Waals surface area contributed by atoms with E-state index in [4.69, 9.17) is 4.74 Å². The maximum atomic E-state index is 5.47. The molecule has 0 amide bonds. The van der Waals surface area contributed by atoms with Crippen LogP contribution in [-0.4, -0.2) is 13.7 Å². The van der Waals surface area contributed by atoms with Gasteiger partial charge < -0.3 is 10.1 Å². The highest BCUT2D eigenvalue weighted by molar-refractivity contribution is 9.10. The first-order chi connectivity index (χ1) is 10.2. The molecule has 2 aromatic carbocycles. The Labute approximate surface area is 139 Å². The molecule has 21 heavy (non-hydrogen) atoms. The van der Waals surface area contributed by atoms with Crippen LogP contribution in [-0.2, 0) is 12.3 Å². The van der Waals surface area contributed by atoms with Crippen molar-refractivity contribution >= 4 is 27.7 Å². The summed E-state index contributed by atoms with van der Waals surface area (Å²) in [5.74, 6) is 1.86. The number of rotatable bonds is 7. The van der Waals surface area contributed by atoms with Crippen LogP contribution in [0.3, 0.4) is 0 Å². The van der Waals surface area contributed by atoms with E-state index in [1.54, 1.807) is 7.11 Å². The fourth-order valence-corrected chi connectivity index (χ4v) is 3.53. The van der Waals surface area contributed by atoms with Gasteiger partial charge in [-0.05, 0) is 42.4 Å². The smallest absolute Gasteiger partial charge is 0.122 e. The SMILES string of the molecule is CCNCc1ccc(OC)c(CSc2cccc(Br)c2)c1. The lowest BCUT2D eigenvalue weighted by Crippen LogP contribution is -2.11. The van der Waals surface area contributed by atoms with Gasteiger partial charge in [-0.25, -0.2) is 0 Å². The number of hydrogen-bond acceptors (Lipinski definition) is 3. The second-order valence-corrected chi connectivity index (χ2v) is 6.64. The van der Waals surface area contributed by atoms with Gasteiger partial charge in [0.25, 0.3) is 0 Å². The van der Waals surface area contributed by atoms with Gasteiger partial charge in [0.05, 0.1) is 7.11 Å². The molecular formula is C17H20BrNOS. The van der Waals surface area contributed by atoms with Gasteiger partial charge in [0.2, 0.25) is 0 Å². The first kappa shape index (κ1) is 16.4. The largest absolute Gasteiger partial charge is 0.496 e. The molecule has 0 aliphatic heterocycles. The molecule has 0 aliphatic carbocycles. The lowest BCUT2D eigenvalue weighted by Gasteiger charge is -2.11. The predicted molar refractivity (Wildman–Crippen MR) is 94.1 cm³/mol. The molecule has 0 heterocycles. The lowest BCUT2D eigenvalue weighted by atomic mass is 10.1. The zero-order chi connectivity index (χ0) is 15.1. The zero-order valence-electron chi connectivity index (χ0n) is 12.4. The van der Waals surface area contributed by atoms with Gasteiger partial charge in [-0.2, -0.15) is 0 Å². The summed E-state index contributed by atoms with van der Waals surface area (Å²) in [6.07, 6.45) is 0. The Hall–Kier alpha value is -0.970. The minimum absolute atomic E-state index is 0.898. The highest BCUT2D eigenvalue weighted by Gasteiger charge is 2.06. The Kier molecular flexibility index (Phi) is 6.61. The normalized spacial score (nSPS) is 10.6. The van der Waals surface area contributed by atoms with Crippen LogP contribution in [0.1, 0.15) is 18.1 Å². The van der Waals surface area contributed by atoms with Crippen LogP contribution in [0.2, 0.25) is 0 Å². The summed E-state index contributed by atoms with van der Waals surface area (Å²) in [5, 5.41) is 3.36. The summed E-state index contributed by atoms with van der Waals surface area (Å²) in [6.45, 7) is 4.00. The highest BCUT2D eigenvalue weighted by Crippen LogP contribution is 2.30. The second-order valence-electron chi connectivity index (χ2n) is 4.67. The first-order valence-corrected chi connectivity index (χ1v) is 8.75. The Balaban J connectivity index is 2.09. The van der Waals surface area contributed by atoms with Gasteiger partial charge in [-0.1, -0.05) is 35.0 Å². The summed E-state index contributed by atoms with van der Waals surface area (Å²) >= 11 is 5.33.